The number of likely N-dealkylation sites (tertiary alicyclic amines) is 1. The van der Waals surface area contributed by atoms with Crippen LogP contribution in [-0.2, 0) is 6.54 Å². The molecular weight excluding hydrogens is 454 g/mol. The van der Waals surface area contributed by atoms with Gasteiger partial charge in [-0.15, -0.1) is 0 Å². The van der Waals surface area contributed by atoms with Crippen LogP contribution in [0.2, 0.25) is 5.02 Å². The molecule has 4 aromatic rings. The van der Waals surface area contributed by atoms with Crippen LogP contribution in [0.25, 0.3) is 22.3 Å². The molecule has 1 aliphatic heterocycles. The molecule has 34 heavy (non-hydrogen) atoms. The average molecular weight is 480 g/mol. The number of hydrogen-bond acceptors (Lipinski definition) is 6. The predicted octanol–water partition coefficient (Wildman–Crippen LogP) is 4.82. The molecule has 0 N–H and O–H groups in total. The Labute approximate surface area is 202 Å². The topological polar surface area (TPSA) is 69.7 Å². The number of nitrogens with zero attached hydrogens (tertiary/aromatic N) is 3. The van der Waals surface area contributed by atoms with Gasteiger partial charge in [0.25, 0.3) is 0 Å². The number of ether oxygens (including phenoxy) is 2. The molecule has 5 rings (SSSR count). The van der Waals surface area contributed by atoms with Crippen LogP contribution in [0.4, 0.5) is 0 Å². The lowest BCUT2D eigenvalue weighted by atomic mass is 9.88. The average Bonchev–Trinajstić information content (AvgIpc) is 3.48. The van der Waals surface area contributed by atoms with Crippen molar-refractivity contribution in [3.05, 3.63) is 75.9 Å². The van der Waals surface area contributed by atoms with Gasteiger partial charge in [-0.2, -0.15) is 0 Å². The first-order valence-corrected chi connectivity index (χ1v) is 11.5. The minimum absolute atomic E-state index is 0.0698. The SMILES string of the molecule is COc1cc(OC)c2c(=O)cc(-c3ccccc3Cl)oc2c1[C@H]1CCN(C)[C@@H]1Cn1ccnc1. The second kappa shape index (κ2) is 9.16. The summed E-state index contributed by atoms with van der Waals surface area (Å²) in [5.74, 6) is 1.55. The molecule has 0 saturated carbocycles. The third-order valence-electron chi connectivity index (χ3n) is 6.70. The molecule has 3 heterocycles. The summed E-state index contributed by atoms with van der Waals surface area (Å²) in [6.07, 6.45) is 6.46. The van der Waals surface area contributed by atoms with Crippen LogP contribution in [-0.4, -0.2) is 48.3 Å². The molecule has 0 bridgehead atoms. The van der Waals surface area contributed by atoms with E-state index < -0.39 is 0 Å². The standard InChI is InChI=1S/C26H26ClN3O4/c1-29-10-8-17(19(29)14-30-11-9-28-15-30)24-22(32-2)13-23(33-3)25-20(31)12-21(34-26(24)25)16-6-4-5-7-18(16)27/h4-7,9,11-13,15,17,19H,8,10,14H2,1-3H3/t17-,19+/m0/s1. The van der Waals surface area contributed by atoms with Crippen LogP contribution in [0.15, 0.2) is 64.3 Å². The van der Waals surface area contributed by atoms with Crippen molar-refractivity contribution in [2.75, 3.05) is 27.8 Å². The summed E-state index contributed by atoms with van der Waals surface area (Å²) in [5.41, 5.74) is 1.83. The van der Waals surface area contributed by atoms with E-state index in [0.717, 1.165) is 25.1 Å². The van der Waals surface area contributed by atoms with Crippen LogP contribution in [0.1, 0.15) is 17.9 Å². The van der Waals surface area contributed by atoms with Gasteiger partial charge in [0.15, 0.2) is 5.43 Å². The Hall–Kier alpha value is -3.29. The van der Waals surface area contributed by atoms with Crippen LogP contribution >= 0.6 is 11.6 Å². The second-order valence-corrected chi connectivity index (χ2v) is 8.96. The Bertz CT molecular complexity index is 1380. The van der Waals surface area contributed by atoms with Gasteiger partial charge in [0.2, 0.25) is 0 Å². The van der Waals surface area contributed by atoms with Crippen molar-refractivity contribution in [1.82, 2.24) is 14.5 Å². The van der Waals surface area contributed by atoms with E-state index in [1.165, 1.54) is 6.07 Å². The molecular formula is C26H26ClN3O4. The monoisotopic (exact) mass is 479 g/mol. The summed E-state index contributed by atoms with van der Waals surface area (Å²) < 4.78 is 20.0. The molecule has 1 aliphatic rings. The second-order valence-electron chi connectivity index (χ2n) is 8.56. The Kier molecular flexibility index (Phi) is 6.06. The predicted molar refractivity (Wildman–Crippen MR) is 132 cm³/mol. The number of rotatable bonds is 6. The van der Waals surface area contributed by atoms with Crippen molar-refractivity contribution < 1.29 is 13.9 Å². The summed E-state index contributed by atoms with van der Waals surface area (Å²) in [7, 11) is 5.29. The van der Waals surface area contributed by atoms with E-state index in [-0.39, 0.29) is 17.4 Å². The van der Waals surface area contributed by atoms with E-state index in [9.17, 15) is 4.79 Å². The van der Waals surface area contributed by atoms with Crippen molar-refractivity contribution in [2.24, 2.45) is 0 Å². The molecule has 2 aromatic carbocycles. The van der Waals surface area contributed by atoms with Crippen molar-refractivity contribution in [3.8, 4) is 22.8 Å². The number of fused-ring (bicyclic) bond motifs is 1. The van der Waals surface area contributed by atoms with Gasteiger partial charge in [-0.3, -0.25) is 4.79 Å². The van der Waals surface area contributed by atoms with Gasteiger partial charge in [-0.25, -0.2) is 4.98 Å². The molecule has 7 nitrogen and oxygen atoms in total. The molecule has 176 valence electrons. The first-order valence-electron chi connectivity index (χ1n) is 11.2. The van der Waals surface area contributed by atoms with Crippen LogP contribution in [0.3, 0.4) is 0 Å². The van der Waals surface area contributed by atoms with Crippen molar-refractivity contribution in [3.63, 3.8) is 0 Å². The van der Waals surface area contributed by atoms with Gasteiger partial charge in [0.05, 0.1) is 25.6 Å². The minimum atomic E-state index is -0.186. The highest BCUT2D eigenvalue weighted by atomic mass is 35.5. The third-order valence-corrected chi connectivity index (χ3v) is 7.03. The molecule has 0 spiro atoms. The van der Waals surface area contributed by atoms with Crippen molar-refractivity contribution in [2.45, 2.75) is 24.9 Å². The molecule has 1 fully saturated rings. The molecule has 0 unspecified atom stereocenters. The maximum atomic E-state index is 13.4. The first kappa shape index (κ1) is 22.5. The number of benzene rings is 2. The number of halogens is 1. The van der Waals surface area contributed by atoms with Gasteiger partial charge in [-0.05, 0) is 32.1 Å². The van der Waals surface area contributed by atoms with Crippen LogP contribution in [0.5, 0.6) is 11.5 Å². The Balaban J connectivity index is 1.76. The summed E-state index contributed by atoms with van der Waals surface area (Å²) in [4.78, 5) is 19.9. The van der Waals surface area contributed by atoms with E-state index in [4.69, 9.17) is 25.5 Å². The van der Waals surface area contributed by atoms with Crippen LogP contribution < -0.4 is 14.9 Å². The maximum Gasteiger partial charge on any atom is 0.197 e. The van der Waals surface area contributed by atoms with Crippen molar-refractivity contribution in [1.29, 1.82) is 0 Å². The van der Waals surface area contributed by atoms with Crippen LogP contribution in [0, 0.1) is 0 Å². The number of hydrogen-bond donors (Lipinski definition) is 0. The number of likely N-dealkylation sites (N-methyl/N-ethyl adjacent to an activating group) is 1. The first-order chi connectivity index (χ1) is 16.5. The fourth-order valence-corrected chi connectivity index (χ4v) is 5.22. The van der Waals surface area contributed by atoms with Gasteiger partial charge >= 0.3 is 0 Å². The lowest BCUT2D eigenvalue weighted by Crippen LogP contribution is -2.32. The molecule has 0 aliphatic carbocycles. The normalized spacial score (nSPS) is 18.5. The summed E-state index contributed by atoms with van der Waals surface area (Å²) in [6, 6.07) is 10.8. The highest BCUT2D eigenvalue weighted by Crippen LogP contribution is 2.45. The number of methoxy groups -OCH3 is 2. The van der Waals surface area contributed by atoms with Gasteiger partial charge < -0.3 is 23.4 Å². The molecule has 2 atom stereocenters. The lowest BCUT2D eigenvalue weighted by Gasteiger charge is -2.27. The van der Waals surface area contributed by atoms with Gasteiger partial charge in [0.1, 0.15) is 28.2 Å². The van der Waals surface area contributed by atoms with Gasteiger partial charge in [-0.1, -0.05) is 23.7 Å². The van der Waals surface area contributed by atoms with E-state index in [0.29, 0.717) is 38.8 Å². The minimum Gasteiger partial charge on any atom is -0.496 e. The fourth-order valence-electron chi connectivity index (χ4n) is 4.99. The fraction of sp³-hybridized carbons (Fsp3) is 0.308. The lowest BCUT2D eigenvalue weighted by molar-refractivity contribution is 0.266. The van der Waals surface area contributed by atoms with E-state index in [1.807, 2.05) is 30.7 Å². The van der Waals surface area contributed by atoms with E-state index in [2.05, 4.69) is 21.5 Å². The van der Waals surface area contributed by atoms with E-state index in [1.54, 1.807) is 32.5 Å². The number of imidazole rings is 1. The third kappa shape index (κ3) is 3.85. The molecule has 0 amide bonds. The summed E-state index contributed by atoms with van der Waals surface area (Å²) >= 11 is 6.44. The zero-order valence-corrected chi connectivity index (χ0v) is 20.1. The highest BCUT2D eigenvalue weighted by Gasteiger charge is 2.37. The van der Waals surface area contributed by atoms with E-state index >= 15 is 0 Å². The molecule has 0 radical (unpaired) electrons. The zero-order valence-electron chi connectivity index (χ0n) is 19.3. The smallest absolute Gasteiger partial charge is 0.197 e. The largest absolute Gasteiger partial charge is 0.496 e. The number of aromatic nitrogens is 2. The summed E-state index contributed by atoms with van der Waals surface area (Å²) in [6.45, 7) is 1.67. The molecule has 2 aromatic heterocycles. The molecule has 1 saturated heterocycles. The Morgan fingerprint density at radius 2 is 1.97 bits per heavy atom. The quantitative estimate of drug-likeness (QED) is 0.395. The molecule has 8 heteroatoms. The Morgan fingerprint density at radius 1 is 1.18 bits per heavy atom. The van der Waals surface area contributed by atoms with Crippen molar-refractivity contribution >= 4 is 22.6 Å². The van der Waals surface area contributed by atoms with Gasteiger partial charge in [0, 0.05) is 54.2 Å². The highest BCUT2D eigenvalue weighted by molar-refractivity contribution is 6.33. The zero-order chi connectivity index (χ0) is 23.8. The Morgan fingerprint density at radius 3 is 2.68 bits per heavy atom. The maximum absolute atomic E-state index is 13.4. The summed E-state index contributed by atoms with van der Waals surface area (Å²) in [5, 5.41) is 0.921.